The molecular weight excluding hydrogens is 270 g/mol. The first-order valence-corrected chi connectivity index (χ1v) is 8.09. The Kier molecular flexibility index (Phi) is 6.88. The molecule has 4 nitrogen and oxygen atoms in total. The molecule has 1 unspecified atom stereocenters. The molecule has 0 aliphatic carbocycles. The second-order valence-corrected chi connectivity index (χ2v) is 5.98. The van der Waals surface area contributed by atoms with Gasteiger partial charge in [-0.15, -0.1) is 0 Å². The van der Waals surface area contributed by atoms with Gasteiger partial charge in [0.1, 0.15) is 11.6 Å². The topological polar surface area (TPSA) is 62.3 Å². The average Bonchev–Trinajstić information content (AvgIpc) is 2.44. The Morgan fingerprint density at radius 1 is 1.50 bits per heavy atom. The summed E-state index contributed by atoms with van der Waals surface area (Å²) in [5.41, 5.74) is 7.41. The number of rotatable bonds is 8. The van der Waals surface area contributed by atoms with E-state index in [2.05, 4.69) is 25.1 Å². The number of hydrogen-bond acceptors (Lipinski definition) is 4. The number of nitrogens with zero attached hydrogens (tertiary/aromatic N) is 1. The lowest BCUT2D eigenvalue weighted by Gasteiger charge is -2.25. The first kappa shape index (κ1) is 16.9. The molecule has 0 bridgehead atoms. The number of methoxy groups -OCH3 is 1. The van der Waals surface area contributed by atoms with E-state index in [1.807, 2.05) is 30.0 Å². The zero-order valence-electron chi connectivity index (χ0n) is 12.8. The summed E-state index contributed by atoms with van der Waals surface area (Å²) in [5.74, 6) is 1.87. The lowest BCUT2D eigenvalue weighted by molar-refractivity contribution is 0.245. The quantitative estimate of drug-likeness (QED) is 0.571. The van der Waals surface area contributed by atoms with Crippen LogP contribution in [0.4, 0.5) is 0 Å². The lowest BCUT2D eigenvalue weighted by Crippen LogP contribution is -2.29. The molecule has 5 heteroatoms. The van der Waals surface area contributed by atoms with Crippen molar-refractivity contribution in [2.75, 3.05) is 26.2 Å². The first-order chi connectivity index (χ1) is 9.49. The fourth-order valence-corrected chi connectivity index (χ4v) is 2.59. The highest BCUT2D eigenvalue weighted by atomic mass is 32.2. The van der Waals surface area contributed by atoms with Crippen molar-refractivity contribution in [2.24, 2.45) is 5.73 Å². The van der Waals surface area contributed by atoms with Crippen LogP contribution in [0.3, 0.4) is 0 Å². The maximum Gasteiger partial charge on any atom is 0.129 e. The Labute approximate surface area is 126 Å². The van der Waals surface area contributed by atoms with Crippen LogP contribution in [0, 0.1) is 5.41 Å². The minimum atomic E-state index is 0.0433. The maximum absolute atomic E-state index is 7.62. The smallest absolute Gasteiger partial charge is 0.129 e. The number of nitrogen functional groups attached to an aromatic ring is 1. The third kappa shape index (κ3) is 4.72. The van der Waals surface area contributed by atoms with Crippen LogP contribution in [-0.4, -0.2) is 42.9 Å². The fourth-order valence-electron chi connectivity index (χ4n) is 2.02. The first-order valence-electron chi connectivity index (χ1n) is 6.70. The highest BCUT2D eigenvalue weighted by Gasteiger charge is 2.12. The molecule has 20 heavy (non-hydrogen) atoms. The Bertz CT molecular complexity index is 451. The van der Waals surface area contributed by atoms with Gasteiger partial charge in [0.05, 0.1) is 12.7 Å². The molecule has 0 heterocycles. The van der Waals surface area contributed by atoms with Crippen LogP contribution in [0.15, 0.2) is 18.2 Å². The molecule has 0 spiro atoms. The fraction of sp³-hybridized carbons (Fsp3) is 0.533. The van der Waals surface area contributed by atoms with E-state index in [0.29, 0.717) is 17.4 Å². The van der Waals surface area contributed by atoms with E-state index >= 15 is 0 Å². The van der Waals surface area contributed by atoms with E-state index in [0.717, 1.165) is 12.1 Å². The molecule has 112 valence electrons. The van der Waals surface area contributed by atoms with Crippen LogP contribution in [0.2, 0.25) is 0 Å². The van der Waals surface area contributed by atoms with Crippen molar-refractivity contribution in [3.8, 4) is 5.75 Å². The van der Waals surface area contributed by atoms with Crippen molar-refractivity contribution in [3.63, 3.8) is 0 Å². The van der Waals surface area contributed by atoms with Gasteiger partial charge >= 0.3 is 0 Å². The summed E-state index contributed by atoms with van der Waals surface area (Å²) in [4.78, 5) is 2.32. The van der Waals surface area contributed by atoms with Gasteiger partial charge in [-0.3, -0.25) is 10.3 Å². The van der Waals surface area contributed by atoms with Gasteiger partial charge in [0.2, 0.25) is 0 Å². The van der Waals surface area contributed by atoms with Crippen LogP contribution in [0.25, 0.3) is 0 Å². The maximum atomic E-state index is 7.62. The largest absolute Gasteiger partial charge is 0.496 e. The van der Waals surface area contributed by atoms with E-state index < -0.39 is 0 Å². The monoisotopic (exact) mass is 295 g/mol. The molecular formula is C15H25N3OS. The summed E-state index contributed by atoms with van der Waals surface area (Å²) in [7, 11) is 3.72. The van der Waals surface area contributed by atoms with E-state index in [1.165, 1.54) is 12.2 Å². The number of nitrogens with one attached hydrogen (secondary N) is 1. The van der Waals surface area contributed by atoms with E-state index in [9.17, 15) is 0 Å². The second kappa shape index (κ2) is 8.17. The molecule has 0 amide bonds. The predicted molar refractivity (Wildman–Crippen MR) is 87.9 cm³/mol. The molecule has 1 rings (SSSR count). The zero-order valence-corrected chi connectivity index (χ0v) is 13.6. The van der Waals surface area contributed by atoms with Gasteiger partial charge in [-0.05, 0) is 50.1 Å². The van der Waals surface area contributed by atoms with Crippen LogP contribution in [0.5, 0.6) is 5.75 Å². The number of nitrogens with two attached hydrogens (primary N) is 1. The van der Waals surface area contributed by atoms with Crippen molar-refractivity contribution in [1.29, 1.82) is 5.41 Å². The molecule has 0 fully saturated rings. The van der Waals surface area contributed by atoms with Crippen molar-refractivity contribution < 1.29 is 4.74 Å². The minimum absolute atomic E-state index is 0.0433. The van der Waals surface area contributed by atoms with E-state index in [1.54, 1.807) is 7.11 Å². The third-order valence-electron chi connectivity index (χ3n) is 3.48. The molecule has 0 saturated carbocycles. The summed E-state index contributed by atoms with van der Waals surface area (Å²) >= 11 is 1.88. The molecule has 3 N–H and O–H groups in total. The van der Waals surface area contributed by atoms with Crippen molar-refractivity contribution in [1.82, 2.24) is 4.90 Å². The highest BCUT2D eigenvalue weighted by molar-refractivity contribution is 7.98. The normalized spacial score (nSPS) is 12.4. The van der Waals surface area contributed by atoms with Gasteiger partial charge in [-0.2, -0.15) is 11.8 Å². The van der Waals surface area contributed by atoms with E-state index in [4.69, 9.17) is 15.9 Å². The Morgan fingerprint density at radius 3 is 2.75 bits per heavy atom. The Balaban J connectivity index is 2.77. The molecule has 1 aromatic rings. The Hall–Kier alpha value is -1.20. The molecule has 1 aromatic carbocycles. The minimum Gasteiger partial charge on any atom is -0.496 e. The lowest BCUT2D eigenvalue weighted by atomic mass is 10.1. The van der Waals surface area contributed by atoms with Gasteiger partial charge in [-0.25, -0.2) is 0 Å². The predicted octanol–water partition coefficient (Wildman–Crippen LogP) is 2.55. The van der Waals surface area contributed by atoms with Crippen molar-refractivity contribution in [3.05, 3.63) is 29.3 Å². The molecule has 0 radical (unpaired) electrons. The van der Waals surface area contributed by atoms with Crippen LogP contribution in [-0.2, 0) is 6.54 Å². The number of amidine groups is 1. The van der Waals surface area contributed by atoms with E-state index in [-0.39, 0.29) is 5.84 Å². The number of benzene rings is 1. The van der Waals surface area contributed by atoms with Crippen LogP contribution >= 0.6 is 11.8 Å². The molecule has 0 aliphatic heterocycles. The molecule has 1 atom stereocenters. The van der Waals surface area contributed by atoms with Crippen LogP contribution < -0.4 is 10.5 Å². The number of hydrogen-bond donors (Lipinski definition) is 2. The van der Waals surface area contributed by atoms with Crippen LogP contribution in [0.1, 0.15) is 24.5 Å². The van der Waals surface area contributed by atoms with Gasteiger partial charge < -0.3 is 10.5 Å². The summed E-state index contributed by atoms with van der Waals surface area (Å²) in [6.07, 6.45) is 3.31. The summed E-state index contributed by atoms with van der Waals surface area (Å²) < 4.78 is 5.23. The number of thioether (sulfide) groups is 1. The average molecular weight is 295 g/mol. The standard InChI is InChI=1S/C15H25N3OS/c1-11(7-8-20-4)18(2)10-12-5-6-14(19-3)13(9-12)15(16)17/h5-6,9,11H,7-8,10H2,1-4H3,(H3,16,17). The van der Waals surface area contributed by atoms with Gasteiger partial charge in [0.15, 0.2) is 0 Å². The van der Waals surface area contributed by atoms with Crippen molar-refractivity contribution >= 4 is 17.6 Å². The highest BCUT2D eigenvalue weighted by Crippen LogP contribution is 2.20. The zero-order chi connectivity index (χ0) is 15.1. The van der Waals surface area contributed by atoms with Gasteiger partial charge in [0.25, 0.3) is 0 Å². The van der Waals surface area contributed by atoms with Crippen molar-refractivity contribution in [2.45, 2.75) is 25.9 Å². The molecule has 0 saturated heterocycles. The summed E-state index contributed by atoms with van der Waals surface area (Å²) in [6.45, 7) is 3.09. The third-order valence-corrected chi connectivity index (χ3v) is 4.12. The molecule has 0 aromatic heterocycles. The van der Waals surface area contributed by atoms with Gasteiger partial charge in [-0.1, -0.05) is 6.07 Å². The molecule has 0 aliphatic rings. The Morgan fingerprint density at radius 2 is 2.20 bits per heavy atom. The summed E-state index contributed by atoms with van der Waals surface area (Å²) in [6, 6.07) is 6.39. The number of ether oxygens (including phenoxy) is 1. The second-order valence-electron chi connectivity index (χ2n) is 4.99. The SMILES string of the molecule is COc1ccc(CN(C)C(C)CCSC)cc1C(=N)N. The summed E-state index contributed by atoms with van der Waals surface area (Å²) in [5, 5.41) is 7.62. The van der Waals surface area contributed by atoms with Gasteiger partial charge in [0, 0.05) is 12.6 Å².